The molecule has 0 saturated heterocycles. The number of hydrogen-bond acceptors (Lipinski definition) is 5. The molecule has 1 unspecified atom stereocenters. The van der Waals surface area contributed by atoms with Crippen LogP contribution in [0.2, 0.25) is 0 Å². The summed E-state index contributed by atoms with van der Waals surface area (Å²) in [7, 11) is 0. The van der Waals surface area contributed by atoms with E-state index in [-0.39, 0.29) is 13.0 Å². The molecular weight excluding hydrogens is 208 g/mol. The fourth-order valence-electron chi connectivity index (χ4n) is 1.09. The van der Waals surface area contributed by atoms with Crippen molar-refractivity contribution >= 4 is 11.8 Å². The minimum Gasteiger partial charge on any atom is -0.460 e. The van der Waals surface area contributed by atoms with Crippen LogP contribution in [0, 0.1) is 16.7 Å². The summed E-state index contributed by atoms with van der Waals surface area (Å²) in [5, 5.41) is 8.90. The van der Waals surface area contributed by atoms with E-state index in [2.05, 4.69) is 0 Å². The van der Waals surface area contributed by atoms with E-state index in [4.69, 9.17) is 15.7 Å². The van der Waals surface area contributed by atoms with Crippen molar-refractivity contribution in [1.82, 2.24) is 0 Å². The second-order valence-corrected chi connectivity index (χ2v) is 4.83. The SMILES string of the molecule is CC(C)(C)OC(=O)CC(C)(C#N)C(=O)CN. The highest BCUT2D eigenvalue weighted by Crippen LogP contribution is 2.23. The number of carbonyl (C=O) groups excluding carboxylic acids is 2. The molecule has 0 fully saturated rings. The van der Waals surface area contributed by atoms with Gasteiger partial charge in [0.05, 0.1) is 19.0 Å². The van der Waals surface area contributed by atoms with Crippen LogP contribution in [0.15, 0.2) is 0 Å². The minimum absolute atomic E-state index is 0.257. The lowest BCUT2D eigenvalue weighted by Gasteiger charge is -2.23. The van der Waals surface area contributed by atoms with Gasteiger partial charge >= 0.3 is 5.97 Å². The molecule has 0 aliphatic carbocycles. The first kappa shape index (κ1) is 14.6. The van der Waals surface area contributed by atoms with Gasteiger partial charge in [-0.2, -0.15) is 5.26 Å². The van der Waals surface area contributed by atoms with Crippen molar-refractivity contribution in [2.75, 3.05) is 6.54 Å². The Bertz CT molecular complexity index is 325. The lowest BCUT2D eigenvalue weighted by molar-refractivity contribution is -0.158. The fraction of sp³-hybridized carbons (Fsp3) is 0.727. The average molecular weight is 226 g/mol. The molecule has 1 atom stereocenters. The van der Waals surface area contributed by atoms with Crippen LogP contribution in [0.1, 0.15) is 34.1 Å². The van der Waals surface area contributed by atoms with Crippen LogP contribution in [0.3, 0.4) is 0 Å². The minimum atomic E-state index is -1.39. The molecule has 0 spiro atoms. The normalized spacial score (nSPS) is 14.8. The monoisotopic (exact) mass is 226 g/mol. The highest BCUT2D eigenvalue weighted by atomic mass is 16.6. The number of Topliss-reactive ketones (excluding diaryl/α,β-unsaturated/α-hetero) is 1. The van der Waals surface area contributed by atoms with E-state index in [1.807, 2.05) is 6.07 Å². The van der Waals surface area contributed by atoms with Gasteiger partial charge in [0.25, 0.3) is 0 Å². The number of ketones is 1. The predicted molar refractivity (Wildman–Crippen MR) is 58.2 cm³/mol. The van der Waals surface area contributed by atoms with Gasteiger partial charge in [-0.05, 0) is 27.7 Å². The maximum atomic E-state index is 11.5. The van der Waals surface area contributed by atoms with E-state index in [0.717, 1.165) is 0 Å². The smallest absolute Gasteiger partial charge is 0.308 e. The molecule has 16 heavy (non-hydrogen) atoms. The van der Waals surface area contributed by atoms with Crippen molar-refractivity contribution in [2.24, 2.45) is 11.1 Å². The zero-order valence-corrected chi connectivity index (χ0v) is 10.2. The third-order valence-corrected chi connectivity index (χ3v) is 1.97. The first-order chi connectivity index (χ1) is 7.14. The number of nitriles is 1. The number of rotatable bonds is 4. The average Bonchev–Trinajstić information content (AvgIpc) is 2.13. The van der Waals surface area contributed by atoms with Crippen molar-refractivity contribution in [3.8, 4) is 6.07 Å². The van der Waals surface area contributed by atoms with E-state index in [1.165, 1.54) is 6.92 Å². The summed E-state index contributed by atoms with van der Waals surface area (Å²) in [5.74, 6) is -1.03. The molecule has 0 rings (SSSR count). The molecule has 0 heterocycles. The van der Waals surface area contributed by atoms with Gasteiger partial charge in [-0.15, -0.1) is 0 Å². The summed E-state index contributed by atoms with van der Waals surface area (Å²) >= 11 is 0. The molecule has 90 valence electrons. The highest BCUT2D eigenvalue weighted by molar-refractivity contribution is 5.92. The molecule has 0 aromatic carbocycles. The van der Waals surface area contributed by atoms with Crippen LogP contribution in [-0.4, -0.2) is 23.9 Å². The number of carbonyl (C=O) groups is 2. The number of esters is 1. The van der Waals surface area contributed by atoms with Crippen LogP contribution >= 0.6 is 0 Å². The molecule has 2 N–H and O–H groups in total. The third kappa shape index (κ3) is 4.41. The first-order valence-electron chi connectivity index (χ1n) is 5.01. The number of nitrogens with two attached hydrogens (primary N) is 1. The Kier molecular flexibility index (Phi) is 4.63. The van der Waals surface area contributed by atoms with Gasteiger partial charge in [0.15, 0.2) is 5.78 Å². The van der Waals surface area contributed by atoms with Gasteiger partial charge in [-0.3, -0.25) is 9.59 Å². The van der Waals surface area contributed by atoms with Gasteiger partial charge in [0.2, 0.25) is 0 Å². The van der Waals surface area contributed by atoms with E-state index in [1.54, 1.807) is 20.8 Å². The Labute approximate surface area is 95.6 Å². The molecule has 0 aromatic rings. The topological polar surface area (TPSA) is 93.2 Å². The quantitative estimate of drug-likeness (QED) is 0.715. The first-order valence-corrected chi connectivity index (χ1v) is 5.01. The maximum Gasteiger partial charge on any atom is 0.308 e. The van der Waals surface area contributed by atoms with Crippen molar-refractivity contribution < 1.29 is 14.3 Å². The van der Waals surface area contributed by atoms with Gasteiger partial charge in [0, 0.05) is 0 Å². The Hall–Kier alpha value is -1.41. The number of ether oxygens (including phenoxy) is 1. The van der Waals surface area contributed by atoms with Gasteiger partial charge < -0.3 is 10.5 Å². The molecular formula is C11H18N2O3. The van der Waals surface area contributed by atoms with Gasteiger partial charge in [-0.1, -0.05) is 0 Å². The molecule has 0 amide bonds. The molecule has 5 nitrogen and oxygen atoms in total. The molecule has 0 saturated carbocycles. The molecule has 0 bridgehead atoms. The third-order valence-electron chi connectivity index (χ3n) is 1.97. The Morgan fingerprint density at radius 3 is 2.12 bits per heavy atom. The lowest BCUT2D eigenvalue weighted by Crippen LogP contribution is -2.36. The second-order valence-electron chi connectivity index (χ2n) is 4.83. The number of nitrogens with zero attached hydrogens (tertiary/aromatic N) is 1. The van der Waals surface area contributed by atoms with Gasteiger partial charge in [-0.25, -0.2) is 0 Å². The molecule has 0 aliphatic heterocycles. The largest absolute Gasteiger partial charge is 0.460 e. The lowest BCUT2D eigenvalue weighted by atomic mass is 9.84. The Morgan fingerprint density at radius 1 is 1.31 bits per heavy atom. The number of hydrogen-bond donors (Lipinski definition) is 1. The van der Waals surface area contributed by atoms with Gasteiger partial charge in [0.1, 0.15) is 11.0 Å². The standard InChI is InChI=1S/C11H18N2O3/c1-10(2,3)16-9(15)5-11(4,7-13)8(14)6-12/h5-6,12H2,1-4H3. The summed E-state index contributed by atoms with van der Waals surface area (Å²) in [6.07, 6.45) is -0.267. The molecule has 0 radical (unpaired) electrons. The summed E-state index contributed by atoms with van der Waals surface area (Å²) in [6, 6.07) is 1.82. The Balaban J connectivity index is 4.64. The second kappa shape index (κ2) is 5.08. The summed E-state index contributed by atoms with van der Waals surface area (Å²) in [6.45, 7) is 6.30. The van der Waals surface area contributed by atoms with Crippen LogP contribution in [-0.2, 0) is 14.3 Å². The predicted octanol–water partition coefficient (Wildman–Crippen LogP) is 0.776. The van der Waals surface area contributed by atoms with Crippen LogP contribution < -0.4 is 5.73 Å². The van der Waals surface area contributed by atoms with Crippen LogP contribution in [0.25, 0.3) is 0 Å². The highest BCUT2D eigenvalue weighted by Gasteiger charge is 2.36. The molecule has 0 aromatic heterocycles. The van der Waals surface area contributed by atoms with Crippen LogP contribution in [0.5, 0.6) is 0 Å². The van der Waals surface area contributed by atoms with E-state index < -0.39 is 22.8 Å². The van der Waals surface area contributed by atoms with Crippen molar-refractivity contribution in [1.29, 1.82) is 5.26 Å². The summed E-state index contributed by atoms with van der Waals surface area (Å²) in [5.41, 5.74) is 3.17. The van der Waals surface area contributed by atoms with Crippen molar-refractivity contribution in [2.45, 2.75) is 39.7 Å². The zero-order valence-electron chi connectivity index (χ0n) is 10.2. The maximum absolute atomic E-state index is 11.5. The summed E-state index contributed by atoms with van der Waals surface area (Å²) < 4.78 is 5.05. The van der Waals surface area contributed by atoms with E-state index in [0.29, 0.717) is 0 Å². The summed E-state index contributed by atoms with van der Waals surface area (Å²) in [4.78, 5) is 22.9. The van der Waals surface area contributed by atoms with Crippen molar-refractivity contribution in [3.63, 3.8) is 0 Å². The molecule has 0 aliphatic rings. The zero-order chi connectivity index (χ0) is 13.0. The Morgan fingerprint density at radius 2 is 1.81 bits per heavy atom. The molecule has 5 heteroatoms. The fourth-order valence-corrected chi connectivity index (χ4v) is 1.09. The van der Waals surface area contributed by atoms with Crippen LogP contribution in [0.4, 0.5) is 0 Å². The van der Waals surface area contributed by atoms with Crippen molar-refractivity contribution in [3.05, 3.63) is 0 Å². The van der Waals surface area contributed by atoms with E-state index >= 15 is 0 Å². The van der Waals surface area contributed by atoms with E-state index in [9.17, 15) is 9.59 Å².